The van der Waals surface area contributed by atoms with E-state index in [1.807, 2.05) is 0 Å². The molecule has 1 aliphatic carbocycles. The van der Waals surface area contributed by atoms with Gasteiger partial charge in [0.05, 0.1) is 0 Å². The lowest BCUT2D eigenvalue weighted by Crippen LogP contribution is -2.45. The van der Waals surface area contributed by atoms with Gasteiger partial charge in [-0.25, -0.2) is 0 Å². The highest BCUT2D eigenvalue weighted by Gasteiger charge is 2.50. The van der Waals surface area contributed by atoms with Crippen molar-refractivity contribution in [3.05, 3.63) is 10.1 Å². The number of hydrogen-bond donors (Lipinski definition) is 0. The van der Waals surface area contributed by atoms with E-state index in [2.05, 4.69) is 0 Å². The van der Waals surface area contributed by atoms with Crippen molar-refractivity contribution < 1.29 is 14.5 Å². The zero-order valence-corrected chi connectivity index (χ0v) is 10.6. The van der Waals surface area contributed by atoms with Crippen molar-refractivity contribution in [1.82, 2.24) is 0 Å². The highest BCUT2D eigenvalue weighted by molar-refractivity contribution is 5.94. The van der Waals surface area contributed by atoms with E-state index in [1.54, 1.807) is 20.8 Å². The van der Waals surface area contributed by atoms with Crippen LogP contribution >= 0.6 is 0 Å². The van der Waals surface area contributed by atoms with Crippen LogP contribution in [-0.4, -0.2) is 23.0 Å². The molecule has 0 N–H and O–H groups in total. The van der Waals surface area contributed by atoms with Crippen LogP contribution < -0.4 is 0 Å². The summed E-state index contributed by atoms with van der Waals surface area (Å²) in [5.41, 5.74) is -1.13. The first kappa shape index (κ1) is 13.8. The summed E-state index contributed by atoms with van der Waals surface area (Å²) >= 11 is 0. The normalized spacial score (nSPS) is 23.8. The Morgan fingerprint density at radius 3 is 2.53 bits per heavy atom. The molecular formula is C12H19NO4. The number of carbonyl (C=O) groups is 2. The van der Waals surface area contributed by atoms with E-state index in [4.69, 9.17) is 0 Å². The second kappa shape index (κ2) is 4.94. The van der Waals surface area contributed by atoms with E-state index in [0.29, 0.717) is 12.8 Å². The molecule has 1 saturated carbocycles. The van der Waals surface area contributed by atoms with E-state index in [-0.39, 0.29) is 17.5 Å². The van der Waals surface area contributed by atoms with Crippen molar-refractivity contribution in [2.45, 2.75) is 40.0 Å². The molecule has 1 fully saturated rings. The minimum atomic E-state index is -1.13. The van der Waals surface area contributed by atoms with Crippen LogP contribution in [0, 0.1) is 27.4 Å². The molecule has 0 saturated heterocycles. The maximum Gasteiger partial charge on any atom is 0.216 e. The van der Waals surface area contributed by atoms with Crippen LogP contribution in [0.4, 0.5) is 0 Å². The Kier molecular flexibility index (Phi) is 4.01. The molecule has 0 spiro atoms. The van der Waals surface area contributed by atoms with Gasteiger partial charge in [0.15, 0.2) is 0 Å². The van der Waals surface area contributed by atoms with Crippen LogP contribution in [0.25, 0.3) is 0 Å². The first-order valence-electron chi connectivity index (χ1n) is 5.98. The molecule has 0 aromatic heterocycles. The predicted octanol–water partition coefficient (Wildman–Crippen LogP) is 1.86. The minimum absolute atomic E-state index is 0.00310. The van der Waals surface area contributed by atoms with Crippen LogP contribution in [0.2, 0.25) is 0 Å². The Bertz CT molecular complexity index is 350. The standard InChI is InChI=1S/C12H19NO4/c1-8(2)11(15)12(3,7-13(16)17)9-5-4-6-10(9)14/h8-9H,4-7H2,1-3H3. The summed E-state index contributed by atoms with van der Waals surface area (Å²) < 4.78 is 0. The summed E-state index contributed by atoms with van der Waals surface area (Å²) in [6.07, 6.45) is 1.78. The molecule has 1 rings (SSSR count). The molecule has 5 heteroatoms. The zero-order chi connectivity index (χ0) is 13.2. The highest BCUT2D eigenvalue weighted by atomic mass is 16.6. The third kappa shape index (κ3) is 2.70. The molecule has 0 heterocycles. The van der Waals surface area contributed by atoms with Gasteiger partial charge in [-0.05, 0) is 19.8 Å². The molecule has 0 radical (unpaired) electrons. The maximum absolute atomic E-state index is 12.2. The number of nitro groups is 1. The van der Waals surface area contributed by atoms with Gasteiger partial charge >= 0.3 is 0 Å². The SMILES string of the molecule is CC(C)C(=O)C(C)(C[N+](=O)[O-])C1CCCC1=O. The van der Waals surface area contributed by atoms with Gasteiger partial charge < -0.3 is 0 Å². The Hall–Kier alpha value is -1.26. The quantitative estimate of drug-likeness (QED) is 0.543. The molecule has 0 aromatic carbocycles. The van der Waals surface area contributed by atoms with E-state index in [0.717, 1.165) is 6.42 Å². The molecule has 2 unspecified atom stereocenters. The average molecular weight is 241 g/mol. The fourth-order valence-electron chi connectivity index (χ4n) is 2.78. The van der Waals surface area contributed by atoms with Crippen LogP contribution in [0.3, 0.4) is 0 Å². The molecule has 2 atom stereocenters. The molecule has 0 aliphatic heterocycles. The second-order valence-corrected chi connectivity index (χ2v) is 5.34. The van der Waals surface area contributed by atoms with Gasteiger partial charge in [-0.3, -0.25) is 19.7 Å². The van der Waals surface area contributed by atoms with Gasteiger partial charge in [-0.15, -0.1) is 0 Å². The third-order valence-corrected chi connectivity index (χ3v) is 3.62. The van der Waals surface area contributed by atoms with Crippen molar-refractivity contribution in [2.24, 2.45) is 17.3 Å². The number of hydrogen-bond acceptors (Lipinski definition) is 4. The van der Waals surface area contributed by atoms with Crippen molar-refractivity contribution in [3.8, 4) is 0 Å². The summed E-state index contributed by atoms with van der Waals surface area (Å²) in [4.78, 5) is 34.2. The summed E-state index contributed by atoms with van der Waals surface area (Å²) in [5.74, 6) is -0.922. The number of rotatable bonds is 5. The summed E-state index contributed by atoms with van der Waals surface area (Å²) in [7, 11) is 0. The van der Waals surface area contributed by atoms with E-state index < -0.39 is 22.8 Å². The summed E-state index contributed by atoms with van der Waals surface area (Å²) in [5, 5.41) is 10.7. The van der Waals surface area contributed by atoms with Gasteiger partial charge in [-0.2, -0.15) is 0 Å². The van der Waals surface area contributed by atoms with Crippen LogP contribution in [-0.2, 0) is 9.59 Å². The predicted molar refractivity (Wildman–Crippen MR) is 62.2 cm³/mol. The number of nitrogens with zero attached hydrogens (tertiary/aromatic N) is 1. The lowest BCUT2D eigenvalue weighted by atomic mass is 9.69. The highest BCUT2D eigenvalue weighted by Crippen LogP contribution is 2.40. The van der Waals surface area contributed by atoms with Gasteiger partial charge in [0, 0.05) is 23.2 Å². The molecule has 0 aromatic rings. The summed E-state index contributed by atoms with van der Waals surface area (Å²) in [6.45, 7) is 4.58. The average Bonchev–Trinajstić information content (AvgIpc) is 2.62. The molecular weight excluding hydrogens is 222 g/mol. The number of Topliss-reactive ketones (excluding diaryl/α,β-unsaturated/α-hetero) is 2. The van der Waals surface area contributed by atoms with Crippen molar-refractivity contribution in [3.63, 3.8) is 0 Å². The van der Waals surface area contributed by atoms with Gasteiger partial charge in [0.2, 0.25) is 6.54 Å². The Labute approximate surface area is 101 Å². The Morgan fingerprint density at radius 1 is 1.59 bits per heavy atom. The Morgan fingerprint density at radius 2 is 2.18 bits per heavy atom. The molecule has 17 heavy (non-hydrogen) atoms. The summed E-state index contributed by atoms with van der Waals surface area (Å²) in [6, 6.07) is 0. The molecule has 96 valence electrons. The minimum Gasteiger partial charge on any atom is -0.299 e. The largest absolute Gasteiger partial charge is 0.299 e. The lowest BCUT2D eigenvalue weighted by molar-refractivity contribution is -0.494. The fraction of sp³-hybridized carbons (Fsp3) is 0.833. The first-order valence-corrected chi connectivity index (χ1v) is 5.98. The van der Waals surface area contributed by atoms with Crippen LogP contribution in [0.15, 0.2) is 0 Å². The molecule has 1 aliphatic rings. The lowest BCUT2D eigenvalue weighted by Gasteiger charge is -2.30. The topological polar surface area (TPSA) is 77.3 Å². The molecule has 0 bridgehead atoms. The van der Waals surface area contributed by atoms with Gasteiger partial charge in [0.1, 0.15) is 17.0 Å². The van der Waals surface area contributed by atoms with Crippen molar-refractivity contribution in [1.29, 1.82) is 0 Å². The fourth-order valence-corrected chi connectivity index (χ4v) is 2.78. The second-order valence-electron chi connectivity index (χ2n) is 5.34. The van der Waals surface area contributed by atoms with E-state index in [9.17, 15) is 19.7 Å². The molecule has 0 amide bonds. The van der Waals surface area contributed by atoms with E-state index in [1.165, 1.54) is 0 Å². The third-order valence-electron chi connectivity index (χ3n) is 3.62. The van der Waals surface area contributed by atoms with Gasteiger partial charge in [-0.1, -0.05) is 13.8 Å². The maximum atomic E-state index is 12.2. The number of carbonyl (C=O) groups excluding carboxylic acids is 2. The van der Waals surface area contributed by atoms with Crippen molar-refractivity contribution in [2.75, 3.05) is 6.54 Å². The first-order chi connectivity index (χ1) is 7.79. The van der Waals surface area contributed by atoms with Crippen LogP contribution in [0.5, 0.6) is 0 Å². The van der Waals surface area contributed by atoms with E-state index >= 15 is 0 Å². The monoisotopic (exact) mass is 241 g/mol. The Balaban J connectivity index is 3.04. The smallest absolute Gasteiger partial charge is 0.216 e. The number of ketones is 2. The molecule has 5 nitrogen and oxygen atoms in total. The zero-order valence-electron chi connectivity index (χ0n) is 10.6. The van der Waals surface area contributed by atoms with Crippen LogP contribution in [0.1, 0.15) is 40.0 Å². The van der Waals surface area contributed by atoms with Gasteiger partial charge in [0.25, 0.3) is 0 Å². The van der Waals surface area contributed by atoms with Crippen molar-refractivity contribution >= 4 is 11.6 Å².